The molecule has 3 rings (SSSR count). The Bertz CT molecular complexity index is 1140. The quantitative estimate of drug-likeness (QED) is 0.371. The Morgan fingerprint density at radius 3 is 2.50 bits per heavy atom. The van der Waals surface area contributed by atoms with Crippen LogP contribution in [-0.4, -0.2) is 30.3 Å². The van der Waals surface area contributed by atoms with Crippen LogP contribution in [0.15, 0.2) is 51.7 Å². The van der Waals surface area contributed by atoms with Crippen molar-refractivity contribution in [3.8, 4) is 0 Å². The zero-order chi connectivity index (χ0) is 21.7. The van der Waals surface area contributed by atoms with Crippen molar-refractivity contribution >= 4 is 49.8 Å². The summed E-state index contributed by atoms with van der Waals surface area (Å²) >= 11 is 2.93. The number of rotatable bonds is 8. The number of hydrogen-bond donors (Lipinski definition) is 2. The average Bonchev–Trinajstić information content (AvgIpc) is 3.15. The largest absolute Gasteiger partial charge is 0.296 e. The number of amides is 1. The lowest BCUT2D eigenvalue weighted by Gasteiger charge is -2.12. The molecule has 0 radical (unpaired) electrons. The highest BCUT2D eigenvalue weighted by Gasteiger charge is 2.17. The van der Waals surface area contributed by atoms with E-state index >= 15 is 0 Å². The second-order valence-electron chi connectivity index (χ2n) is 6.62. The van der Waals surface area contributed by atoms with E-state index in [1.165, 1.54) is 11.3 Å². The smallest absolute Gasteiger partial charge is 0.261 e. The minimum atomic E-state index is -3.71. The molecule has 2 N–H and O–H groups in total. The van der Waals surface area contributed by atoms with Crippen molar-refractivity contribution < 1.29 is 13.2 Å². The Balaban J connectivity index is 1.70. The number of aromatic nitrogens is 2. The molecule has 0 saturated heterocycles. The van der Waals surface area contributed by atoms with Crippen molar-refractivity contribution in [2.75, 3.05) is 15.8 Å². The number of aryl methyl sites for hydroxylation is 2. The number of thioether (sulfide) groups is 1. The summed E-state index contributed by atoms with van der Waals surface area (Å²) in [6, 6.07) is 11.4. The molecule has 0 fully saturated rings. The van der Waals surface area contributed by atoms with E-state index in [1.807, 2.05) is 6.92 Å². The van der Waals surface area contributed by atoms with Crippen LogP contribution in [0.3, 0.4) is 0 Å². The maximum absolute atomic E-state index is 12.6. The van der Waals surface area contributed by atoms with Gasteiger partial charge in [0.15, 0.2) is 4.34 Å². The van der Waals surface area contributed by atoms with E-state index in [9.17, 15) is 13.2 Å². The molecule has 158 valence electrons. The van der Waals surface area contributed by atoms with E-state index in [4.69, 9.17) is 0 Å². The molecule has 0 spiro atoms. The summed E-state index contributed by atoms with van der Waals surface area (Å²) in [4.78, 5) is 12.7. The van der Waals surface area contributed by atoms with Gasteiger partial charge >= 0.3 is 0 Å². The minimum absolute atomic E-state index is 0.183. The lowest BCUT2D eigenvalue weighted by atomic mass is 10.1. The van der Waals surface area contributed by atoms with Crippen LogP contribution in [0.5, 0.6) is 0 Å². The number of hydrogen-bond acceptors (Lipinski definition) is 7. The molecule has 1 heterocycles. The molecule has 0 bridgehead atoms. The van der Waals surface area contributed by atoms with Gasteiger partial charge in [-0.15, -0.1) is 10.2 Å². The number of nitrogens with one attached hydrogen (secondary N) is 2. The van der Waals surface area contributed by atoms with Gasteiger partial charge in [0.05, 0.1) is 10.6 Å². The number of benzene rings is 2. The van der Waals surface area contributed by atoms with Crippen LogP contribution >= 0.6 is 23.1 Å². The van der Waals surface area contributed by atoms with Gasteiger partial charge in [0.2, 0.25) is 5.13 Å². The van der Waals surface area contributed by atoms with Crippen LogP contribution in [0.2, 0.25) is 0 Å². The Morgan fingerprint density at radius 1 is 1.10 bits per heavy atom. The normalized spacial score (nSPS) is 11.3. The van der Waals surface area contributed by atoms with Crippen LogP contribution < -0.4 is 10.0 Å². The van der Waals surface area contributed by atoms with Crippen molar-refractivity contribution in [2.45, 2.75) is 36.4 Å². The number of carbonyl (C=O) groups excluding carboxylic acids is 1. The number of nitrogens with zero attached hydrogens (tertiary/aromatic N) is 2. The predicted octanol–water partition coefficient (Wildman–Crippen LogP) is 4.71. The Hall–Kier alpha value is -2.43. The minimum Gasteiger partial charge on any atom is -0.296 e. The van der Waals surface area contributed by atoms with E-state index in [-0.39, 0.29) is 10.8 Å². The monoisotopic (exact) mass is 462 g/mol. The molecule has 0 unspecified atom stereocenters. The number of anilines is 2. The van der Waals surface area contributed by atoms with Crippen LogP contribution in [0.25, 0.3) is 0 Å². The summed E-state index contributed by atoms with van der Waals surface area (Å²) in [7, 11) is -3.71. The Kier molecular flexibility index (Phi) is 7.11. The Morgan fingerprint density at radius 2 is 1.83 bits per heavy atom. The molecule has 0 aliphatic heterocycles. The Labute approximate surface area is 184 Å². The lowest BCUT2D eigenvalue weighted by molar-refractivity contribution is 0.102. The highest BCUT2D eigenvalue weighted by Crippen LogP contribution is 2.27. The third-order valence-electron chi connectivity index (χ3n) is 4.12. The first-order valence-electron chi connectivity index (χ1n) is 9.26. The predicted molar refractivity (Wildman–Crippen MR) is 122 cm³/mol. The third kappa shape index (κ3) is 5.59. The van der Waals surface area contributed by atoms with Gasteiger partial charge in [-0.1, -0.05) is 47.7 Å². The standard InChI is InChI=1S/C20H22N4O3S3/c1-4-11-28-20-23-22-19(29-20)21-18(25)15-7-10-17(14(3)12-15)24-30(26,27)16-8-5-13(2)6-9-16/h5-10,12,24H,4,11H2,1-3H3,(H,21,22,25). The second-order valence-corrected chi connectivity index (χ2v) is 10.6. The van der Waals surface area contributed by atoms with Gasteiger partial charge in [0.25, 0.3) is 15.9 Å². The molecule has 0 saturated carbocycles. The highest BCUT2D eigenvalue weighted by atomic mass is 32.2. The highest BCUT2D eigenvalue weighted by molar-refractivity contribution is 8.01. The zero-order valence-corrected chi connectivity index (χ0v) is 19.2. The fourth-order valence-electron chi connectivity index (χ4n) is 2.52. The first kappa shape index (κ1) is 22.3. The summed E-state index contributed by atoms with van der Waals surface area (Å²) < 4.78 is 28.6. The first-order valence-corrected chi connectivity index (χ1v) is 12.5. The number of sulfonamides is 1. The van der Waals surface area contributed by atoms with Crippen LogP contribution in [0.4, 0.5) is 10.8 Å². The van der Waals surface area contributed by atoms with Gasteiger partial charge in [0, 0.05) is 11.3 Å². The summed E-state index contributed by atoms with van der Waals surface area (Å²) in [5.41, 5.74) is 2.44. The van der Waals surface area contributed by atoms with E-state index in [2.05, 4.69) is 27.2 Å². The van der Waals surface area contributed by atoms with E-state index in [0.717, 1.165) is 22.1 Å². The lowest BCUT2D eigenvalue weighted by Crippen LogP contribution is -2.15. The zero-order valence-electron chi connectivity index (χ0n) is 16.8. The second kappa shape index (κ2) is 9.59. The van der Waals surface area contributed by atoms with Crippen LogP contribution in [0, 0.1) is 13.8 Å². The molecule has 0 aliphatic rings. The van der Waals surface area contributed by atoms with Gasteiger partial charge < -0.3 is 0 Å². The molecule has 2 aromatic carbocycles. The van der Waals surface area contributed by atoms with Gasteiger partial charge in [-0.2, -0.15) is 0 Å². The fraction of sp³-hybridized carbons (Fsp3) is 0.250. The van der Waals surface area contributed by atoms with E-state index in [1.54, 1.807) is 61.2 Å². The maximum atomic E-state index is 12.6. The molecule has 1 aromatic heterocycles. The molecule has 3 aromatic rings. The van der Waals surface area contributed by atoms with Gasteiger partial charge in [-0.05, 0) is 56.2 Å². The molecular weight excluding hydrogens is 440 g/mol. The van der Waals surface area contributed by atoms with E-state index < -0.39 is 10.0 Å². The first-order chi connectivity index (χ1) is 14.3. The van der Waals surface area contributed by atoms with Crippen molar-refractivity contribution in [1.29, 1.82) is 0 Å². The fourth-order valence-corrected chi connectivity index (χ4v) is 5.32. The summed E-state index contributed by atoms with van der Waals surface area (Å²) in [6.07, 6.45) is 1.03. The third-order valence-corrected chi connectivity index (χ3v) is 7.68. The molecule has 7 nitrogen and oxygen atoms in total. The van der Waals surface area contributed by atoms with Gasteiger partial charge in [0.1, 0.15) is 0 Å². The summed E-state index contributed by atoms with van der Waals surface area (Å²) in [5.74, 6) is 0.621. The SMILES string of the molecule is CCCSc1nnc(NC(=O)c2ccc(NS(=O)(=O)c3ccc(C)cc3)c(C)c2)s1. The molecule has 0 atom stereocenters. The van der Waals surface area contributed by atoms with Crippen molar-refractivity contribution in [3.63, 3.8) is 0 Å². The molecular formula is C20H22N4O3S3. The average molecular weight is 463 g/mol. The van der Waals surface area contributed by atoms with E-state index in [0.29, 0.717) is 21.9 Å². The summed E-state index contributed by atoms with van der Waals surface area (Å²) in [5, 5.41) is 11.2. The van der Waals surface area contributed by atoms with Crippen molar-refractivity contribution in [3.05, 3.63) is 59.2 Å². The molecule has 0 aliphatic carbocycles. The van der Waals surface area contributed by atoms with Crippen LogP contribution in [-0.2, 0) is 10.0 Å². The van der Waals surface area contributed by atoms with Crippen molar-refractivity contribution in [1.82, 2.24) is 10.2 Å². The topological polar surface area (TPSA) is 101 Å². The maximum Gasteiger partial charge on any atom is 0.261 e. The van der Waals surface area contributed by atoms with Gasteiger partial charge in [-0.3, -0.25) is 14.8 Å². The number of carbonyl (C=O) groups is 1. The molecule has 10 heteroatoms. The molecule has 1 amide bonds. The van der Waals surface area contributed by atoms with Gasteiger partial charge in [-0.25, -0.2) is 8.42 Å². The summed E-state index contributed by atoms with van der Waals surface area (Å²) in [6.45, 7) is 5.72. The molecule has 30 heavy (non-hydrogen) atoms. The van der Waals surface area contributed by atoms with Crippen LogP contribution in [0.1, 0.15) is 34.8 Å². The van der Waals surface area contributed by atoms with Crippen molar-refractivity contribution in [2.24, 2.45) is 0 Å².